The SMILES string of the molecule is O=C(Nc1ccc(Oc2ccc([N+](=O)[O-])cc2)cc1)Nc1ccc([N+](=O)[O-])cc1. The molecule has 0 aliphatic heterocycles. The fourth-order valence-corrected chi connectivity index (χ4v) is 2.34. The summed E-state index contributed by atoms with van der Waals surface area (Å²) in [6.45, 7) is 0. The highest BCUT2D eigenvalue weighted by molar-refractivity contribution is 5.99. The quantitative estimate of drug-likeness (QED) is 0.449. The summed E-state index contributed by atoms with van der Waals surface area (Å²) in [5, 5.41) is 26.5. The van der Waals surface area contributed by atoms with Gasteiger partial charge >= 0.3 is 6.03 Å². The van der Waals surface area contributed by atoms with Crippen LogP contribution in [0.5, 0.6) is 11.5 Å². The first kappa shape index (κ1) is 19.3. The number of nitro groups is 2. The highest BCUT2D eigenvalue weighted by atomic mass is 16.6. The van der Waals surface area contributed by atoms with Gasteiger partial charge in [0.05, 0.1) is 9.85 Å². The van der Waals surface area contributed by atoms with Crippen molar-refractivity contribution in [3.05, 3.63) is 93.0 Å². The molecule has 0 aromatic heterocycles. The van der Waals surface area contributed by atoms with E-state index >= 15 is 0 Å². The van der Waals surface area contributed by atoms with Crippen LogP contribution in [-0.2, 0) is 0 Å². The van der Waals surface area contributed by atoms with Gasteiger partial charge in [-0.25, -0.2) is 4.79 Å². The van der Waals surface area contributed by atoms with Gasteiger partial charge < -0.3 is 15.4 Å². The molecule has 2 amide bonds. The van der Waals surface area contributed by atoms with Crippen LogP contribution in [0.4, 0.5) is 27.5 Å². The van der Waals surface area contributed by atoms with E-state index in [-0.39, 0.29) is 11.4 Å². The van der Waals surface area contributed by atoms with Crippen LogP contribution in [0.15, 0.2) is 72.8 Å². The third-order valence-electron chi connectivity index (χ3n) is 3.73. The Labute approximate surface area is 164 Å². The summed E-state index contributed by atoms with van der Waals surface area (Å²) in [5.74, 6) is 0.924. The Morgan fingerprint density at radius 2 is 1.00 bits per heavy atom. The number of benzene rings is 3. The third kappa shape index (κ3) is 5.26. The number of carbonyl (C=O) groups excluding carboxylic acids is 1. The molecule has 10 nitrogen and oxygen atoms in total. The van der Waals surface area contributed by atoms with Gasteiger partial charge in [0.1, 0.15) is 11.5 Å². The van der Waals surface area contributed by atoms with Gasteiger partial charge in [0, 0.05) is 35.6 Å². The first-order chi connectivity index (χ1) is 13.9. The number of nitrogens with one attached hydrogen (secondary N) is 2. The van der Waals surface area contributed by atoms with Crippen molar-refractivity contribution in [1.29, 1.82) is 0 Å². The first-order valence-electron chi connectivity index (χ1n) is 8.25. The fourth-order valence-electron chi connectivity index (χ4n) is 2.34. The maximum atomic E-state index is 12.0. The van der Waals surface area contributed by atoms with Crippen molar-refractivity contribution in [2.45, 2.75) is 0 Å². The van der Waals surface area contributed by atoms with Gasteiger partial charge in [-0.05, 0) is 48.5 Å². The molecule has 2 N–H and O–H groups in total. The number of hydrogen-bond acceptors (Lipinski definition) is 6. The molecular formula is C19H14N4O6. The highest BCUT2D eigenvalue weighted by Gasteiger charge is 2.08. The molecule has 0 aliphatic carbocycles. The van der Waals surface area contributed by atoms with Crippen molar-refractivity contribution in [1.82, 2.24) is 0 Å². The molecule has 0 heterocycles. The van der Waals surface area contributed by atoms with E-state index < -0.39 is 15.9 Å². The Balaban J connectivity index is 1.56. The topological polar surface area (TPSA) is 137 Å². The molecule has 0 radical (unpaired) electrons. The minimum atomic E-state index is -0.524. The lowest BCUT2D eigenvalue weighted by Crippen LogP contribution is -2.19. The zero-order valence-corrected chi connectivity index (χ0v) is 14.8. The highest BCUT2D eigenvalue weighted by Crippen LogP contribution is 2.25. The van der Waals surface area contributed by atoms with Gasteiger partial charge in [0.2, 0.25) is 0 Å². The van der Waals surface area contributed by atoms with E-state index in [4.69, 9.17) is 4.74 Å². The van der Waals surface area contributed by atoms with Crippen LogP contribution in [0, 0.1) is 20.2 Å². The van der Waals surface area contributed by atoms with Crippen molar-refractivity contribution in [2.24, 2.45) is 0 Å². The summed E-state index contributed by atoms with van der Waals surface area (Å²) in [4.78, 5) is 32.3. The lowest BCUT2D eigenvalue weighted by molar-refractivity contribution is -0.385. The lowest BCUT2D eigenvalue weighted by atomic mass is 10.3. The summed E-state index contributed by atoms with van der Waals surface area (Å²) in [6.07, 6.45) is 0. The zero-order chi connectivity index (χ0) is 20.8. The second-order valence-corrected chi connectivity index (χ2v) is 5.76. The number of rotatable bonds is 6. The molecule has 0 spiro atoms. The maximum Gasteiger partial charge on any atom is 0.323 e. The van der Waals surface area contributed by atoms with Gasteiger partial charge in [0.15, 0.2) is 0 Å². The second kappa shape index (κ2) is 8.48. The largest absolute Gasteiger partial charge is 0.457 e. The summed E-state index contributed by atoms with van der Waals surface area (Å²) in [6, 6.07) is 17.1. The summed E-state index contributed by atoms with van der Waals surface area (Å²) in [5.41, 5.74) is 0.808. The number of nitro benzene ring substituents is 2. The average Bonchev–Trinajstić information content (AvgIpc) is 2.70. The maximum absolute atomic E-state index is 12.0. The number of anilines is 2. The normalized spacial score (nSPS) is 10.1. The number of ether oxygens (including phenoxy) is 1. The molecule has 3 rings (SSSR count). The van der Waals surface area contributed by atoms with Crippen molar-refractivity contribution in [3.8, 4) is 11.5 Å². The minimum Gasteiger partial charge on any atom is -0.457 e. The number of amides is 2. The van der Waals surface area contributed by atoms with Crippen molar-refractivity contribution >= 4 is 28.8 Å². The van der Waals surface area contributed by atoms with Crippen molar-refractivity contribution in [3.63, 3.8) is 0 Å². The molecule has 0 saturated heterocycles. The molecule has 0 unspecified atom stereocenters. The number of hydrogen-bond donors (Lipinski definition) is 2. The fraction of sp³-hybridized carbons (Fsp3) is 0. The Bertz CT molecular complexity index is 1030. The van der Waals surface area contributed by atoms with Crippen LogP contribution in [0.1, 0.15) is 0 Å². The predicted octanol–water partition coefficient (Wildman–Crippen LogP) is 4.94. The van der Waals surface area contributed by atoms with Gasteiger partial charge in [0.25, 0.3) is 11.4 Å². The van der Waals surface area contributed by atoms with Crippen LogP contribution in [0.3, 0.4) is 0 Å². The van der Waals surface area contributed by atoms with Gasteiger partial charge in [-0.15, -0.1) is 0 Å². The van der Waals surface area contributed by atoms with Crippen LogP contribution < -0.4 is 15.4 Å². The van der Waals surface area contributed by atoms with Crippen LogP contribution in [0.25, 0.3) is 0 Å². The Morgan fingerprint density at radius 1 is 0.655 bits per heavy atom. The summed E-state index contributed by atoms with van der Waals surface area (Å²) in [7, 11) is 0. The first-order valence-corrected chi connectivity index (χ1v) is 8.25. The number of nitrogens with zero attached hydrogens (tertiary/aromatic N) is 2. The molecule has 3 aromatic carbocycles. The Kier molecular flexibility index (Phi) is 5.64. The molecular weight excluding hydrogens is 380 g/mol. The van der Waals surface area contributed by atoms with E-state index in [1.807, 2.05) is 0 Å². The van der Waals surface area contributed by atoms with E-state index in [9.17, 15) is 25.0 Å². The second-order valence-electron chi connectivity index (χ2n) is 5.76. The summed E-state index contributed by atoms with van der Waals surface area (Å²) >= 11 is 0. The molecule has 10 heteroatoms. The van der Waals surface area contributed by atoms with Crippen molar-refractivity contribution in [2.75, 3.05) is 10.6 Å². The monoisotopic (exact) mass is 394 g/mol. The standard InChI is InChI=1S/C19H14N4O6/c24-19(20-13-1-5-15(6-2-13)22(25)26)21-14-3-9-17(10-4-14)29-18-11-7-16(8-12-18)23(27)28/h1-12H,(H2,20,21,24). The molecule has 3 aromatic rings. The van der Waals surface area contributed by atoms with E-state index in [1.165, 1.54) is 48.5 Å². The molecule has 0 bridgehead atoms. The Morgan fingerprint density at radius 3 is 1.41 bits per heavy atom. The van der Waals surface area contributed by atoms with E-state index in [2.05, 4.69) is 10.6 Å². The Hall–Kier alpha value is -4.47. The molecule has 0 atom stereocenters. The predicted molar refractivity (Wildman–Crippen MR) is 105 cm³/mol. The molecule has 146 valence electrons. The smallest absolute Gasteiger partial charge is 0.323 e. The van der Waals surface area contributed by atoms with Crippen LogP contribution in [0.2, 0.25) is 0 Å². The third-order valence-corrected chi connectivity index (χ3v) is 3.73. The van der Waals surface area contributed by atoms with Crippen LogP contribution in [-0.4, -0.2) is 15.9 Å². The van der Waals surface area contributed by atoms with Crippen molar-refractivity contribution < 1.29 is 19.4 Å². The van der Waals surface area contributed by atoms with Gasteiger partial charge in [-0.1, -0.05) is 0 Å². The van der Waals surface area contributed by atoms with E-state index in [0.29, 0.717) is 22.9 Å². The number of carbonyl (C=O) groups is 1. The van der Waals surface area contributed by atoms with Gasteiger partial charge in [-0.3, -0.25) is 20.2 Å². The summed E-state index contributed by atoms with van der Waals surface area (Å²) < 4.78 is 5.59. The van der Waals surface area contributed by atoms with Crippen LogP contribution >= 0.6 is 0 Å². The zero-order valence-electron chi connectivity index (χ0n) is 14.8. The van der Waals surface area contributed by atoms with E-state index in [1.54, 1.807) is 24.3 Å². The van der Waals surface area contributed by atoms with E-state index in [0.717, 1.165) is 0 Å². The lowest BCUT2D eigenvalue weighted by Gasteiger charge is -2.09. The molecule has 29 heavy (non-hydrogen) atoms. The number of urea groups is 1. The van der Waals surface area contributed by atoms with Gasteiger partial charge in [-0.2, -0.15) is 0 Å². The molecule has 0 aliphatic rings. The number of non-ortho nitro benzene ring substituents is 2. The molecule has 0 fully saturated rings. The average molecular weight is 394 g/mol. The minimum absolute atomic E-state index is 0.0315. The molecule has 0 saturated carbocycles.